The van der Waals surface area contributed by atoms with Crippen molar-refractivity contribution in [3.63, 3.8) is 0 Å². The summed E-state index contributed by atoms with van der Waals surface area (Å²) in [6.07, 6.45) is 1.13. The monoisotopic (exact) mass is 431 g/mol. The zero-order valence-electron chi connectivity index (χ0n) is 17.6. The zero-order valence-corrected chi connectivity index (χ0v) is 17.6. The quantitative estimate of drug-likeness (QED) is 0.373. The summed E-state index contributed by atoms with van der Waals surface area (Å²) in [7, 11) is 0. The molecular formula is C24H21N3O5. The number of para-hydroxylation sites is 1. The van der Waals surface area contributed by atoms with Crippen LogP contribution < -0.4 is 16.0 Å². The number of aromatic amines is 1. The maximum absolute atomic E-state index is 12.8. The lowest BCUT2D eigenvalue weighted by Crippen LogP contribution is -2.32. The average Bonchev–Trinajstić information content (AvgIpc) is 2.77. The third-order valence-electron chi connectivity index (χ3n) is 4.73. The number of H-pyrrole nitrogens is 1. The molecule has 162 valence electrons. The first-order chi connectivity index (χ1) is 15.4. The molecule has 1 N–H and O–H groups in total. The number of carbonyl (C=O) groups is 1. The molecule has 0 amide bonds. The van der Waals surface area contributed by atoms with E-state index in [0.29, 0.717) is 22.2 Å². The molecule has 1 heterocycles. The Morgan fingerprint density at radius 1 is 1.03 bits per heavy atom. The molecule has 4 aromatic rings. The number of carbonyl (C=O) groups excluding carboxylic acids is 1. The molecule has 8 nitrogen and oxygen atoms in total. The van der Waals surface area contributed by atoms with Gasteiger partial charge in [-0.3, -0.25) is 4.79 Å². The lowest BCUT2D eigenvalue weighted by Gasteiger charge is -2.12. The molecule has 0 radical (unpaired) electrons. The highest BCUT2D eigenvalue weighted by Gasteiger charge is 2.12. The maximum atomic E-state index is 12.8. The number of hydrogen-bond acceptors (Lipinski definition) is 6. The van der Waals surface area contributed by atoms with Gasteiger partial charge in [0, 0.05) is 5.56 Å². The summed E-state index contributed by atoms with van der Waals surface area (Å²) in [5.41, 5.74) is -0.233. The molecule has 0 bridgehead atoms. The Balaban J connectivity index is 1.77. The Kier molecular flexibility index (Phi) is 5.85. The summed E-state index contributed by atoms with van der Waals surface area (Å²) < 4.78 is 11.6. The van der Waals surface area contributed by atoms with Gasteiger partial charge in [-0.25, -0.2) is 9.59 Å². The van der Waals surface area contributed by atoms with E-state index in [9.17, 15) is 14.4 Å². The van der Waals surface area contributed by atoms with Gasteiger partial charge in [-0.2, -0.15) is 5.10 Å². The van der Waals surface area contributed by atoms with Crippen molar-refractivity contribution in [2.75, 3.05) is 6.61 Å². The van der Waals surface area contributed by atoms with Crippen LogP contribution in [-0.2, 0) is 9.53 Å². The highest BCUT2D eigenvalue weighted by Crippen LogP contribution is 2.27. The second-order valence-corrected chi connectivity index (χ2v) is 7.36. The van der Waals surface area contributed by atoms with Crippen molar-refractivity contribution >= 4 is 33.9 Å². The van der Waals surface area contributed by atoms with E-state index >= 15 is 0 Å². The Bertz CT molecular complexity index is 1450. The molecule has 0 fully saturated rings. The van der Waals surface area contributed by atoms with Gasteiger partial charge in [-0.1, -0.05) is 42.5 Å². The van der Waals surface area contributed by atoms with Crippen LogP contribution >= 0.6 is 0 Å². The van der Waals surface area contributed by atoms with Gasteiger partial charge < -0.3 is 14.5 Å². The molecule has 0 aliphatic heterocycles. The van der Waals surface area contributed by atoms with Crippen molar-refractivity contribution in [2.24, 2.45) is 5.10 Å². The number of rotatable bonds is 6. The summed E-state index contributed by atoms with van der Waals surface area (Å²) in [5, 5.41) is 6.19. The van der Waals surface area contributed by atoms with Crippen molar-refractivity contribution in [1.29, 1.82) is 0 Å². The van der Waals surface area contributed by atoms with Gasteiger partial charge in [0.15, 0.2) is 6.61 Å². The number of hydrogen-bond donors (Lipinski definition) is 1. The molecule has 1 aromatic heterocycles. The van der Waals surface area contributed by atoms with Gasteiger partial charge in [0.05, 0.1) is 23.2 Å². The highest BCUT2D eigenvalue weighted by atomic mass is 16.6. The third-order valence-corrected chi connectivity index (χ3v) is 4.73. The van der Waals surface area contributed by atoms with Crippen molar-refractivity contribution in [3.05, 3.63) is 87.1 Å². The molecule has 4 rings (SSSR count). The molecule has 0 spiro atoms. The van der Waals surface area contributed by atoms with Crippen molar-refractivity contribution in [3.8, 4) is 5.75 Å². The molecule has 0 saturated carbocycles. The van der Waals surface area contributed by atoms with Crippen LogP contribution in [0.15, 0.2) is 75.4 Å². The van der Waals surface area contributed by atoms with Gasteiger partial charge in [0.2, 0.25) is 0 Å². The number of fused-ring (bicyclic) bond motifs is 2. The van der Waals surface area contributed by atoms with E-state index < -0.39 is 17.2 Å². The van der Waals surface area contributed by atoms with Crippen LogP contribution in [0.5, 0.6) is 5.75 Å². The fourth-order valence-corrected chi connectivity index (χ4v) is 3.34. The van der Waals surface area contributed by atoms with Crippen LogP contribution in [-0.4, -0.2) is 34.6 Å². The van der Waals surface area contributed by atoms with Crippen molar-refractivity contribution in [2.45, 2.75) is 20.0 Å². The number of benzene rings is 3. The average molecular weight is 431 g/mol. The van der Waals surface area contributed by atoms with Crippen LogP contribution in [0.4, 0.5) is 0 Å². The molecule has 0 aliphatic carbocycles. The van der Waals surface area contributed by atoms with Crippen molar-refractivity contribution in [1.82, 2.24) is 9.66 Å². The zero-order chi connectivity index (χ0) is 22.7. The van der Waals surface area contributed by atoms with Gasteiger partial charge in [-0.15, -0.1) is 4.68 Å². The lowest BCUT2D eigenvalue weighted by molar-refractivity contribution is -0.149. The van der Waals surface area contributed by atoms with E-state index in [1.54, 1.807) is 44.2 Å². The minimum absolute atomic E-state index is 0.254. The van der Waals surface area contributed by atoms with Crippen LogP contribution in [0.2, 0.25) is 0 Å². The summed E-state index contributed by atoms with van der Waals surface area (Å²) in [4.78, 5) is 39.8. The Morgan fingerprint density at radius 2 is 1.75 bits per heavy atom. The molecule has 3 aromatic carbocycles. The van der Waals surface area contributed by atoms with E-state index in [1.165, 1.54) is 6.21 Å². The molecule has 32 heavy (non-hydrogen) atoms. The van der Waals surface area contributed by atoms with E-state index in [1.807, 2.05) is 30.3 Å². The normalized spacial score (nSPS) is 11.5. The van der Waals surface area contributed by atoms with Gasteiger partial charge in [0.1, 0.15) is 5.75 Å². The van der Waals surface area contributed by atoms with Gasteiger partial charge in [0.25, 0.3) is 5.56 Å². The predicted molar refractivity (Wildman–Crippen MR) is 122 cm³/mol. The first kappa shape index (κ1) is 21.0. The lowest BCUT2D eigenvalue weighted by atomic mass is 10.0. The maximum Gasteiger partial charge on any atom is 0.349 e. The summed E-state index contributed by atoms with van der Waals surface area (Å²) in [5.74, 6) is -0.128. The Morgan fingerprint density at radius 3 is 2.53 bits per heavy atom. The number of ether oxygens (including phenoxy) is 2. The van der Waals surface area contributed by atoms with Gasteiger partial charge >= 0.3 is 11.7 Å². The predicted octanol–water partition coefficient (Wildman–Crippen LogP) is 3.06. The van der Waals surface area contributed by atoms with Crippen LogP contribution in [0, 0.1) is 0 Å². The SMILES string of the molecule is CC(C)OC(=O)COc1ccc2ccccc2c1C=Nn1c(=O)[nH]c2ccccc2c1=O. The summed E-state index contributed by atoms with van der Waals surface area (Å²) in [6, 6.07) is 17.8. The fraction of sp³-hybridized carbons (Fsp3) is 0.167. The molecule has 0 saturated heterocycles. The second kappa shape index (κ2) is 8.89. The summed E-state index contributed by atoms with van der Waals surface area (Å²) in [6.45, 7) is 3.23. The highest BCUT2D eigenvalue weighted by molar-refractivity contribution is 6.02. The van der Waals surface area contributed by atoms with Crippen LogP contribution in [0.3, 0.4) is 0 Å². The van der Waals surface area contributed by atoms with Crippen LogP contribution in [0.25, 0.3) is 21.7 Å². The summed E-state index contributed by atoms with van der Waals surface area (Å²) >= 11 is 0. The third kappa shape index (κ3) is 4.29. The minimum atomic E-state index is -0.659. The molecule has 0 unspecified atom stereocenters. The second-order valence-electron chi connectivity index (χ2n) is 7.36. The molecule has 8 heteroatoms. The fourth-order valence-electron chi connectivity index (χ4n) is 3.34. The minimum Gasteiger partial charge on any atom is -0.481 e. The number of nitrogens with one attached hydrogen (secondary N) is 1. The molecule has 0 aliphatic rings. The molecular weight excluding hydrogens is 410 g/mol. The number of aromatic nitrogens is 2. The number of nitrogens with zero attached hydrogens (tertiary/aromatic N) is 2. The topological polar surface area (TPSA) is 103 Å². The standard InChI is InChI=1S/C24H21N3O5/c1-15(2)32-22(28)14-31-21-12-11-16-7-3-4-8-17(16)19(21)13-25-27-23(29)18-9-5-6-10-20(18)26-24(27)30/h3-13,15H,14H2,1-2H3,(H,26,30). The van der Waals surface area contributed by atoms with E-state index in [0.717, 1.165) is 15.4 Å². The first-order valence-corrected chi connectivity index (χ1v) is 10.1. The largest absolute Gasteiger partial charge is 0.481 e. The molecule has 0 atom stereocenters. The first-order valence-electron chi connectivity index (χ1n) is 10.1. The van der Waals surface area contributed by atoms with E-state index in [2.05, 4.69) is 10.1 Å². The Hall–Kier alpha value is -4.20. The van der Waals surface area contributed by atoms with Crippen LogP contribution in [0.1, 0.15) is 19.4 Å². The van der Waals surface area contributed by atoms with Gasteiger partial charge in [-0.05, 0) is 42.8 Å². The Labute approximate surface area is 182 Å². The number of esters is 1. The van der Waals surface area contributed by atoms with Crippen molar-refractivity contribution < 1.29 is 14.3 Å². The smallest absolute Gasteiger partial charge is 0.349 e. The van der Waals surface area contributed by atoms with E-state index in [-0.39, 0.29) is 12.7 Å². The van der Waals surface area contributed by atoms with E-state index in [4.69, 9.17) is 9.47 Å².